The number of hydrogen-bond acceptors (Lipinski definition) is 3. The molecule has 0 aliphatic carbocycles. The second kappa shape index (κ2) is 8.35. The van der Waals surface area contributed by atoms with Gasteiger partial charge in [0.25, 0.3) is 0 Å². The molecular weight excluding hydrogens is 374 g/mol. The van der Waals surface area contributed by atoms with Crippen molar-refractivity contribution < 1.29 is 9.47 Å². The van der Waals surface area contributed by atoms with Crippen LogP contribution in [0.2, 0.25) is 0 Å². The summed E-state index contributed by atoms with van der Waals surface area (Å²) >= 11 is 0. The van der Waals surface area contributed by atoms with Crippen molar-refractivity contribution in [3.8, 4) is 0 Å². The largest absolute Gasteiger partial charge is 0.376 e. The minimum absolute atomic E-state index is 0.0781. The Morgan fingerprint density at radius 1 is 1.13 bits per heavy atom. The van der Waals surface area contributed by atoms with Crippen LogP contribution in [0.25, 0.3) is 0 Å². The molecule has 0 saturated carbocycles. The molecule has 0 amide bonds. The summed E-state index contributed by atoms with van der Waals surface area (Å²) in [5.74, 6) is 0.739. The van der Waals surface area contributed by atoms with Crippen LogP contribution in [0.1, 0.15) is 81.3 Å². The first-order chi connectivity index (χ1) is 14.7. The highest BCUT2D eigenvalue weighted by molar-refractivity contribution is 6.01. The minimum Gasteiger partial charge on any atom is -0.376 e. The highest BCUT2D eigenvalue weighted by Gasteiger charge is 2.58. The standard InChI is InChI=1S/C25H35N3O2/c1-17-15-18-9-6-4-3-5-7-10-19-12-13-21(27-19)24(18)25(30-17)23(29-2)16-22(28-25)20-11-8-14-26-20/h8,11-14,17-18,23-24,26-27H,3-7,9-10,15-16H2,1-2H3/t17-,18-,23-,24-,25+/m0/s1. The number of aromatic nitrogens is 2. The molecule has 2 bridgehead atoms. The monoisotopic (exact) mass is 409 g/mol. The molecule has 5 heterocycles. The van der Waals surface area contributed by atoms with Gasteiger partial charge in [-0.15, -0.1) is 0 Å². The van der Waals surface area contributed by atoms with Crippen molar-refractivity contribution in [2.24, 2.45) is 10.9 Å². The van der Waals surface area contributed by atoms with Crippen LogP contribution in [0.4, 0.5) is 0 Å². The van der Waals surface area contributed by atoms with Crippen molar-refractivity contribution >= 4 is 5.71 Å². The van der Waals surface area contributed by atoms with Gasteiger partial charge in [-0.2, -0.15) is 0 Å². The Balaban J connectivity index is 1.60. The van der Waals surface area contributed by atoms with Gasteiger partial charge in [0.1, 0.15) is 6.10 Å². The smallest absolute Gasteiger partial charge is 0.194 e. The van der Waals surface area contributed by atoms with Gasteiger partial charge < -0.3 is 19.4 Å². The summed E-state index contributed by atoms with van der Waals surface area (Å²) in [7, 11) is 1.81. The van der Waals surface area contributed by atoms with Crippen LogP contribution in [-0.2, 0) is 15.9 Å². The van der Waals surface area contributed by atoms with E-state index in [1.807, 2.05) is 19.4 Å². The van der Waals surface area contributed by atoms with E-state index in [2.05, 4.69) is 35.1 Å². The van der Waals surface area contributed by atoms with Crippen LogP contribution < -0.4 is 0 Å². The van der Waals surface area contributed by atoms with Crippen molar-refractivity contribution in [2.45, 2.75) is 88.6 Å². The maximum Gasteiger partial charge on any atom is 0.194 e. The Bertz CT molecular complexity index is 871. The van der Waals surface area contributed by atoms with Gasteiger partial charge in [0.05, 0.1) is 23.4 Å². The number of aliphatic imine (C=N–C) groups is 1. The Labute approximate surface area is 179 Å². The predicted octanol–water partition coefficient (Wildman–Crippen LogP) is 5.35. The first-order valence-electron chi connectivity index (χ1n) is 11.8. The number of aromatic amines is 2. The molecule has 1 fully saturated rings. The molecule has 3 aliphatic rings. The van der Waals surface area contributed by atoms with E-state index in [4.69, 9.17) is 14.5 Å². The van der Waals surface area contributed by atoms with E-state index in [1.165, 1.54) is 49.9 Å². The number of nitrogens with one attached hydrogen (secondary N) is 2. The van der Waals surface area contributed by atoms with Crippen molar-refractivity contribution in [2.75, 3.05) is 7.11 Å². The molecule has 162 valence electrons. The molecule has 1 spiro atoms. The SMILES string of the molecule is CO[C@H]1CC(c2ccc[nH]2)=N[C@@]12O[C@@H](C)C[C@@H]1CCCCCCCc3ccc([nH]3)[C@H]12. The van der Waals surface area contributed by atoms with E-state index in [0.29, 0.717) is 5.92 Å². The zero-order valence-corrected chi connectivity index (χ0v) is 18.3. The molecule has 3 aliphatic heterocycles. The zero-order valence-electron chi connectivity index (χ0n) is 18.3. The molecule has 2 N–H and O–H groups in total. The van der Waals surface area contributed by atoms with Gasteiger partial charge in [-0.25, -0.2) is 4.99 Å². The molecule has 5 heteroatoms. The minimum atomic E-state index is -0.663. The lowest BCUT2D eigenvalue weighted by Crippen LogP contribution is -2.54. The third-order valence-electron chi connectivity index (χ3n) is 7.41. The number of rotatable bonds is 2. The number of aryl methyl sites for hydroxylation is 1. The Hall–Kier alpha value is -1.85. The summed E-state index contributed by atoms with van der Waals surface area (Å²) in [6, 6.07) is 8.70. The van der Waals surface area contributed by atoms with Gasteiger partial charge in [-0.3, -0.25) is 0 Å². The van der Waals surface area contributed by atoms with E-state index in [0.717, 1.165) is 30.7 Å². The molecule has 5 atom stereocenters. The summed E-state index contributed by atoms with van der Waals surface area (Å²) < 4.78 is 12.9. The normalized spacial score (nSPS) is 34.8. The highest BCUT2D eigenvalue weighted by Crippen LogP contribution is 2.53. The quantitative estimate of drug-likeness (QED) is 0.702. The topological polar surface area (TPSA) is 62.4 Å². The molecule has 2 aromatic rings. The first-order valence-corrected chi connectivity index (χ1v) is 11.8. The van der Waals surface area contributed by atoms with Gasteiger partial charge >= 0.3 is 0 Å². The van der Waals surface area contributed by atoms with Crippen LogP contribution in [0.5, 0.6) is 0 Å². The summed E-state index contributed by atoms with van der Waals surface area (Å²) in [6.07, 6.45) is 12.9. The van der Waals surface area contributed by atoms with Crippen molar-refractivity contribution in [3.05, 3.63) is 47.5 Å². The second-order valence-electron chi connectivity index (χ2n) is 9.47. The summed E-state index contributed by atoms with van der Waals surface area (Å²) in [5, 5.41) is 0. The van der Waals surface area contributed by atoms with Gasteiger partial charge in [0.2, 0.25) is 0 Å². The Kier molecular flexibility index (Phi) is 5.59. The zero-order chi connectivity index (χ0) is 20.6. The molecule has 5 rings (SSSR count). The number of methoxy groups -OCH3 is 1. The highest BCUT2D eigenvalue weighted by atomic mass is 16.6. The molecule has 0 aromatic carbocycles. The molecule has 0 radical (unpaired) electrons. The molecule has 0 unspecified atom stereocenters. The maximum absolute atomic E-state index is 6.78. The summed E-state index contributed by atoms with van der Waals surface area (Å²) in [4.78, 5) is 12.4. The van der Waals surface area contributed by atoms with Gasteiger partial charge in [0.15, 0.2) is 5.72 Å². The van der Waals surface area contributed by atoms with Crippen molar-refractivity contribution in [1.82, 2.24) is 9.97 Å². The molecule has 1 saturated heterocycles. The van der Waals surface area contributed by atoms with E-state index in [-0.39, 0.29) is 18.1 Å². The van der Waals surface area contributed by atoms with Crippen LogP contribution in [0, 0.1) is 5.92 Å². The first kappa shape index (κ1) is 20.1. The average molecular weight is 410 g/mol. The lowest BCUT2D eigenvalue weighted by molar-refractivity contribution is -0.200. The summed E-state index contributed by atoms with van der Waals surface area (Å²) in [6.45, 7) is 2.21. The predicted molar refractivity (Wildman–Crippen MR) is 119 cm³/mol. The third kappa shape index (κ3) is 3.56. The Morgan fingerprint density at radius 3 is 2.83 bits per heavy atom. The van der Waals surface area contributed by atoms with Crippen LogP contribution in [0.15, 0.2) is 35.5 Å². The van der Waals surface area contributed by atoms with Gasteiger partial charge in [-0.1, -0.05) is 25.7 Å². The Morgan fingerprint density at radius 2 is 2.00 bits per heavy atom. The average Bonchev–Trinajstić information content (AvgIpc) is 3.46. The molecule has 5 nitrogen and oxygen atoms in total. The lowest BCUT2D eigenvalue weighted by atomic mass is 9.72. The van der Waals surface area contributed by atoms with E-state index in [9.17, 15) is 0 Å². The number of fused-ring (bicyclic) bond motifs is 5. The fourth-order valence-electron chi connectivity index (χ4n) is 6.10. The maximum atomic E-state index is 6.78. The van der Waals surface area contributed by atoms with Crippen LogP contribution in [-0.4, -0.2) is 40.7 Å². The molecular formula is C25H35N3O2. The van der Waals surface area contributed by atoms with Crippen molar-refractivity contribution in [3.63, 3.8) is 0 Å². The number of ether oxygens (including phenoxy) is 2. The lowest BCUT2D eigenvalue weighted by Gasteiger charge is -2.48. The van der Waals surface area contributed by atoms with Gasteiger partial charge in [-0.05, 0) is 62.8 Å². The number of nitrogens with zero attached hydrogens (tertiary/aromatic N) is 1. The van der Waals surface area contributed by atoms with Crippen LogP contribution in [0.3, 0.4) is 0 Å². The molecule has 2 aromatic heterocycles. The van der Waals surface area contributed by atoms with Gasteiger partial charge in [0, 0.05) is 31.1 Å². The van der Waals surface area contributed by atoms with E-state index >= 15 is 0 Å². The van der Waals surface area contributed by atoms with E-state index < -0.39 is 5.72 Å². The number of hydrogen-bond donors (Lipinski definition) is 2. The summed E-state index contributed by atoms with van der Waals surface area (Å²) in [5.41, 5.74) is 4.11. The molecule has 30 heavy (non-hydrogen) atoms. The van der Waals surface area contributed by atoms with Crippen LogP contribution >= 0.6 is 0 Å². The number of H-pyrrole nitrogens is 2. The fourth-order valence-corrected chi connectivity index (χ4v) is 6.10. The van der Waals surface area contributed by atoms with E-state index in [1.54, 1.807) is 0 Å². The fraction of sp³-hybridized carbons (Fsp3) is 0.640. The van der Waals surface area contributed by atoms with Crippen molar-refractivity contribution in [1.29, 1.82) is 0 Å². The third-order valence-corrected chi connectivity index (χ3v) is 7.41. The second-order valence-corrected chi connectivity index (χ2v) is 9.47.